The van der Waals surface area contributed by atoms with Gasteiger partial charge in [0.2, 0.25) is 0 Å². The Morgan fingerprint density at radius 2 is 1.95 bits per heavy atom. The monoisotopic (exact) mass is 272 g/mol. The summed E-state index contributed by atoms with van der Waals surface area (Å²) in [5.41, 5.74) is 2.13. The molecule has 0 aliphatic heterocycles. The minimum atomic E-state index is 0.109. The van der Waals surface area contributed by atoms with Crippen molar-refractivity contribution in [3.63, 3.8) is 0 Å². The molecule has 1 aliphatic carbocycles. The molecule has 0 atom stereocenters. The average Bonchev–Trinajstić information content (AvgIpc) is 2.70. The summed E-state index contributed by atoms with van der Waals surface area (Å²) in [6.07, 6.45) is 8.34. The van der Waals surface area contributed by atoms with Gasteiger partial charge in [-0.2, -0.15) is 0 Å². The van der Waals surface area contributed by atoms with Crippen LogP contribution in [0.3, 0.4) is 0 Å². The van der Waals surface area contributed by atoms with E-state index in [4.69, 9.17) is 9.84 Å². The van der Waals surface area contributed by atoms with E-state index in [2.05, 4.69) is 30.9 Å². The number of hydrogen-bond acceptors (Lipinski definition) is 2. The maximum Gasteiger partial charge on any atom is 0.135 e. The summed E-state index contributed by atoms with van der Waals surface area (Å²) in [7, 11) is 0. The highest BCUT2D eigenvalue weighted by molar-refractivity contribution is 5.48. The Bertz CT molecular complexity index is 474. The lowest BCUT2D eigenvalue weighted by Crippen LogP contribution is -2.15. The lowest BCUT2D eigenvalue weighted by Gasteiger charge is -2.18. The van der Waals surface area contributed by atoms with E-state index in [0.717, 1.165) is 24.2 Å². The SMILES string of the molecule is Cc1ccc(OC2CCCCCC2)c(C#CCCO)c1. The fraction of sp³-hybridized carbons (Fsp3) is 0.556. The summed E-state index contributed by atoms with van der Waals surface area (Å²) in [5.74, 6) is 7.01. The van der Waals surface area contributed by atoms with Crippen LogP contribution in [0.25, 0.3) is 0 Å². The Morgan fingerprint density at radius 1 is 1.20 bits per heavy atom. The fourth-order valence-electron chi connectivity index (χ4n) is 2.60. The van der Waals surface area contributed by atoms with Gasteiger partial charge >= 0.3 is 0 Å². The fourth-order valence-corrected chi connectivity index (χ4v) is 2.60. The van der Waals surface area contributed by atoms with Gasteiger partial charge in [-0.05, 0) is 50.3 Å². The highest BCUT2D eigenvalue weighted by atomic mass is 16.5. The van der Waals surface area contributed by atoms with Crippen LogP contribution in [0.4, 0.5) is 0 Å². The smallest absolute Gasteiger partial charge is 0.135 e. The zero-order chi connectivity index (χ0) is 14.2. The molecule has 0 radical (unpaired) electrons. The normalized spacial score (nSPS) is 16.1. The van der Waals surface area contributed by atoms with E-state index < -0.39 is 0 Å². The van der Waals surface area contributed by atoms with Crippen LogP contribution >= 0.6 is 0 Å². The maximum atomic E-state index is 8.83. The highest BCUT2D eigenvalue weighted by Gasteiger charge is 2.15. The zero-order valence-corrected chi connectivity index (χ0v) is 12.3. The van der Waals surface area contributed by atoms with Crippen LogP contribution in [0.15, 0.2) is 18.2 Å². The first-order valence-electron chi connectivity index (χ1n) is 7.66. The number of rotatable bonds is 3. The van der Waals surface area contributed by atoms with Crippen molar-refractivity contribution < 1.29 is 9.84 Å². The van der Waals surface area contributed by atoms with Crippen LogP contribution in [-0.4, -0.2) is 17.8 Å². The first-order valence-corrected chi connectivity index (χ1v) is 7.66. The van der Waals surface area contributed by atoms with Crippen molar-refractivity contribution in [2.75, 3.05) is 6.61 Å². The van der Waals surface area contributed by atoms with Crippen molar-refractivity contribution in [2.24, 2.45) is 0 Å². The molecule has 0 bridgehead atoms. The van der Waals surface area contributed by atoms with Crippen molar-refractivity contribution in [3.8, 4) is 17.6 Å². The molecule has 2 heteroatoms. The van der Waals surface area contributed by atoms with E-state index in [-0.39, 0.29) is 6.61 Å². The lowest BCUT2D eigenvalue weighted by molar-refractivity contribution is 0.183. The average molecular weight is 272 g/mol. The predicted molar refractivity (Wildman–Crippen MR) is 81.9 cm³/mol. The summed E-state index contributed by atoms with van der Waals surface area (Å²) in [6, 6.07) is 6.17. The molecule has 0 amide bonds. The van der Waals surface area contributed by atoms with Crippen LogP contribution in [-0.2, 0) is 0 Å². The summed E-state index contributed by atoms with van der Waals surface area (Å²) in [4.78, 5) is 0. The molecule has 1 fully saturated rings. The number of aryl methyl sites for hydroxylation is 1. The van der Waals surface area contributed by atoms with E-state index in [1.54, 1.807) is 0 Å². The molecule has 0 aromatic heterocycles. The van der Waals surface area contributed by atoms with Crippen molar-refractivity contribution in [3.05, 3.63) is 29.3 Å². The van der Waals surface area contributed by atoms with Gasteiger partial charge in [-0.25, -0.2) is 0 Å². The zero-order valence-electron chi connectivity index (χ0n) is 12.3. The molecule has 1 N–H and O–H groups in total. The summed E-state index contributed by atoms with van der Waals surface area (Å²) < 4.78 is 6.19. The molecular weight excluding hydrogens is 248 g/mol. The van der Waals surface area contributed by atoms with Gasteiger partial charge in [0, 0.05) is 6.42 Å². The van der Waals surface area contributed by atoms with E-state index in [1.807, 2.05) is 6.07 Å². The molecule has 1 aromatic carbocycles. The van der Waals surface area contributed by atoms with Crippen LogP contribution in [0.2, 0.25) is 0 Å². The van der Waals surface area contributed by atoms with Gasteiger partial charge < -0.3 is 9.84 Å². The second-order valence-corrected chi connectivity index (χ2v) is 5.51. The third kappa shape index (κ3) is 4.58. The molecule has 0 heterocycles. The second kappa shape index (κ2) is 7.97. The van der Waals surface area contributed by atoms with Gasteiger partial charge in [-0.1, -0.05) is 30.7 Å². The van der Waals surface area contributed by atoms with Crippen molar-refractivity contribution in [2.45, 2.75) is 58.0 Å². The molecular formula is C18H24O2. The van der Waals surface area contributed by atoms with E-state index in [9.17, 15) is 0 Å². The Kier molecular flexibility index (Phi) is 5.95. The van der Waals surface area contributed by atoms with Gasteiger partial charge in [-0.15, -0.1) is 0 Å². The Hall–Kier alpha value is -1.46. The molecule has 2 rings (SSSR count). The predicted octanol–water partition coefficient (Wildman–Crippen LogP) is 3.83. The number of aliphatic hydroxyl groups is 1. The molecule has 1 aromatic rings. The summed E-state index contributed by atoms with van der Waals surface area (Å²) in [6.45, 7) is 2.17. The van der Waals surface area contributed by atoms with E-state index in [1.165, 1.54) is 31.2 Å². The number of ether oxygens (including phenoxy) is 1. The van der Waals surface area contributed by atoms with Crippen LogP contribution in [0, 0.1) is 18.8 Å². The number of benzene rings is 1. The quantitative estimate of drug-likeness (QED) is 0.669. The minimum absolute atomic E-state index is 0.109. The molecule has 2 nitrogen and oxygen atoms in total. The molecule has 1 aliphatic rings. The van der Waals surface area contributed by atoms with E-state index in [0.29, 0.717) is 12.5 Å². The topological polar surface area (TPSA) is 29.5 Å². The Morgan fingerprint density at radius 3 is 2.65 bits per heavy atom. The standard InChI is InChI=1S/C18H24O2/c1-15-11-12-18(16(14-15)8-6-7-13-19)20-17-9-4-2-3-5-10-17/h11-12,14,17,19H,2-5,7,9-10,13H2,1H3. The lowest BCUT2D eigenvalue weighted by atomic mass is 10.1. The van der Waals surface area contributed by atoms with Gasteiger partial charge in [0.05, 0.1) is 18.3 Å². The third-order valence-electron chi connectivity index (χ3n) is 3.69. The van der Waals surface area contributed by atoms with Crippen LogP contribution < -0.4 is 4.74 Å². The Balaban J connectivity index is 2.11. The summed E-state index contributed by atoms with van der Waals surface area (Å²) in [5, 5.41) is 8.83. The van der Waals surface area contributed by atoms with Crippen LogP contribution in [0.1, 0.15) is 56.1 Å². The van der Waals surface area contributed by atoms with Gasteiger partial charge in [0.15, 0.2) is 0 Å². The molecule has 0 saturated heterocycles. The number of hydrogen-bond donors (Lipinski definition) is 1. The van der Waals surface area contributed by atoms with E-state index >= 15 is 0 Å². The molecule has 20 heavy (non-hydrogen) atoms. The first kappa shape index (κ1) is 14.9. The Labute approximate surface area is 122 Å². The van der Waals surface area contributed by atoms with Gasteiger partial charge in [0.1, 0.15) is 5.75 Å². The third-order valence-corrected chi connectivity index (χ3v) is 3.69. The highest BCUT2D eigenvalue weighted by Crippen LogP contribution is 2.26. The molecule has 108 valence electrons. The van der Waals surface area contributed by atoms with Crippen molar-refractivity contribution >= 4 is 0 Å². The first-order chi connectivity index (χ1) is 9.79. The van der Waals surface area contributed by atoms with Crippen molar-refractivity contribution in [1.29, 1.82) is 0 Å². The molecule has 0 unspecified atom stereocenters. The maximum absolute atomic E-state index is 8.83. The second-order valence-electron chi connectivity index (χ2n) is 5.51. The molecule has 1 saturated carbocycles. The summed E-state index contributed by atoms with van der Waals surface area (Å²) >= 11 is 0. The largest absolute Gasteiger partial charge is 0.489 e. The van der Waals surface area contributed by atoms with Crippen LogP contribution in [0.5, 0.6) is 5.75 Å². The van der Waals surface area contributed by atoms with Gasteiger partial charge in [0.25, 0.3) is 0 Å². The molecule has 0 spiro atoms. The van der Waals surface area contributed by atoms with Crippen molar-refractivity contribution in [1.82, 2.24) is 0 Å². The number of aliphatic hydroxyl groups excluding tert-OH is 1. The minimum Gasteiger partial charge on any atom is -0.489 e. The van der Waals surface area contributed by atoms with Gasteiger partial charge in [-0.3, -0.25) is 0 Å².